The molecule has 0 heterocycles. The van der Waals surface area contributed by atoms with Crippen LogP contribution in [0.15, 0.2) is 18.2 Å². The largest absolute Gasteiger partial charge is 0.398 e. The quantitative estimate of drug-likeness (QED) is 0.432. The summed E-state index contributed by atoms with van der Waals surface area (Å²) in [6.07, 6.45) is 3.05. The van der Waals surface area contributed by atoms with Gasteiger partial charge in [0.1, 0.15) is 0 Å². The summed E-state index contributed by atoms with van der Waals surface area (Å²) in [7, 11) is 0. The van der Waals surface area contributed by atoms with Gasteiger partial charge in [0.25, 0.3) is 5.69 Å². The summed E-state index contributed by atoms with van der Waals surface area (Å²) in [6.45, 7) is 0. The van der Waals surface area contributed by atoms with Gasteiger partial charge in [-0.1, -0.05) is 0 Å². The first-order valence-electron chi connectivity index (χ1n) is 6.04. The molecule has 0 bridgehead atoms. The molecule has 0 aromatic heterocycles. The van der Waals surface area contributed by atoms with Crippen LogP contribution in [0.5, 0.6) is 0 Å². The average Bonchev–Trinajstić information content (AvgIpc) is 2.31. The van der Waals surface area contributed by atoms with Crippen LogP contribution in [0.1, 0.15) is 25.7 Å². The van der Waals surface area contributed by atoms with Gasteiger partial charge in [0.15, 0.2) is 0 Å². The molecule has 0 atom stereocenters. The van der Waals surface area contributed by atoms with E-state index in [1.54, 1.807) is 6.07 Å². The Morgan fingerprint density at radius 2 is 1.94 bits per heavy atom. The van der Waals surface area contributed by atoms with Crippen LogP contribution < -0.4 is 11.1 Å². The van der Waals surface area contributed by atoms with Crippen molar-refractivity contribution >= 4 is 17.1 Å². The number of nitrogens with two attached hydrogens (primary N) is 1. The Labute approximate surface area is 105 Å². The van der Waals surface area contributed by atoms with Crippen LogP contribution in [-0.4, -0.2) is 22.2 Å². The van der Waals surface area contributed by atoms with Crippen molar-refractivity contribution in [2.24, 2.45) is 0 Å². The molecule has 0 amide bonds. The zero-order valence-corrected chi connectivity index (χ0v) is 10.0. The number of anilines is 2. The summed E-state index contributed by atoms with van der Waals surface area (Å²) < 4.78 is 0. The van der Waals surface area contributed by atoms with E-state index in [1.165, 1.54) is 12.1 Å². The summed E-state index contributed by atoms with van der Waals surface area (Å²) in [5, 5.41) is 23.4. The smallest absolute Gasteiger partial charge is 0.273 e. The van der Waals surface area contributed by atoms with Crippen LogP contribution in [0.4, 0.5) is 17.1 Å². The fraction of sp³-hybridized carbons (Fsp3) is 0.500. The number of aliphatic hydroxyl groups is 1. The molecule has 1 aliphatic rings. The molecule has 2 rings (SSSR count). The second-order valence-electron chi connectivity index (χ2n) is 4.72. The van der Waals surface area contributed by atoms with Gasteiger partial charge in [-0.2, -0.15) is 0 Å². The highest BCUT2D eigenvalue weighted by atomic mass is 16.6. The third-order valence-corrected chi connectivity index (χ3v) is 3.22. The van der Waals surface area contributed by atoms with Gasteiger partial charge in [0.05, 0.1) is 11.0 Å². The fourth-order valence-corrected chi connectivity index (χ4v) is 2.28. The predicted octanol–water partition coefficient (Wildman–Crippen LogP) is 1.89. The summed E-state index contributed by atoms with van der Waals surface area (Å²) >= 11 is 0. The number of nitro benzene ring substituents is 1. The molecule has 0 radical (unpaired) electrons. The van der Waals surface area contributed by atoms with Crippen molar-refractivity contribution in [2.75, 3.05) is 11.1 Å². The van der Waals surface area contributed by atoms with Crippen LogP contribution in [0, 0.1) is 10.1 Å². The van der Waals surface area contributed by atoms with Crippen LogP contribution in [0.25, 0.3) is 0 Å². The maximum atomic E-state index is 10.7. The zero-order valence-electron chi connectivity index (χ0n) is 10.0. The number of hydrogen-bond acceptors (Lipinski definition) is 5. The fourth-order valence-electron chi connectivity index (χ4n) is 2.28. The number of benzene rings is 1. The van der Waals surface area contributed by atoms with Crippen molar-refractivity contribution in [3.8, 4) is 0 Å². The van der Waals surface area contributed by atoms with E-state index in [0.29, 0.717) is 11.4 Å². The Morgan fingerprint density at radius 1 is 1.28 bits per heavy atom. The van der Waals surface area contributed by atoms with Crippen molar-refractivity contribution in [2.45, 2.75) is 37.8 Å². The monoisotopic (exact) mass is 251 g/mol. The van der Waals surface area contributed by atoms with Gasteiger partial charge < -0.3 is 16.2 Å². The molecule has 1 fully saturated rings. The molecule has 0 aliphatic heterocycles. The molecule has 18 heavy (non-hydrogen) atoms. The van der Waals surface area contributed by atoms with Crippen molar-refractivity contribution in [3.05, 3.63) is 28.3 Å². The lowest BCUT2D eigenvalue weighted by atomic mass is 9.93. The van der Waals surface area contributed by atoms with Crippen LogP contribution in [0.2, 0.25) is 0 Å². The molecule has 0 saturated heterocycles. The number of nitrogen functional groups attached to an aromatic ring is 1. The number of aliphatic hydroxyl groups excluding tert-OH is 1. The third-order valence-electron chi connectivity index (χ3n) is 3.22. The molecule has 4 N–H and O–H groups in total. The van der Waals surface area contributed by atoms with E-state index < -0.39 is 4.92 Å². The molecular formula is C12H17N3O3. The summed E-state index contributed by atoms with van der Waals surface area (Å²) in [5.41, 5.74) is 6.68. The summed E-state index contributed by atoms with van der Waals surface area (Å²) in [5.74, 6) is 0. The van der Waals surface area contributed by atoms with Crippen molar-refractivity contribution < 1.29 is 10.0 Å². The maximum Gasteiger partial charge on any atom is 0.273 e. The first-order valence-corrected chi connectivity index (χ1v) is 6.04. The van der Waals surface area contributed by atoms with E-state index in [-0.39, 0.29) is 17.8 Å². The lowest BCUT2D eigenvalue weighted by Gasteiger charge is -2.27. The Morgan fingerprint density at radius 3 is 2.56 bits per heavy atom. The lowest BCUT2D eigenvalue weighted by Crippen LogP contribution is -2.28. The second-order valence-corrected chi connectivity index (χ2v) is 4.72. The standard InChI is InChI=1S/C12H17N3O3/c13-8-5-10(7-11(6-8)15(17)18)14-9-1-3-12(16)4-2-9/h5-7,9,12,14,16H,1-4,13H2. The van der Waals surface area contributed by atoms with Crippen molar-refractivity contribution in [1.82, 2.24) is 0 Å². The summed E-state index contributed by atoms with van der Waals surface area (Å²) in [4.78, 5) is 10.3. The maximum absolute atomic E-state index is 10.7. The zero-order chi connectivity index (χ0) is 13.1. The first kappa shape index (κ1) is 12.6. The van der Waals surface area contributed by atoms with Gasteiger partial charge in [-0.15, -0.1) is 0 Å². The van der Waals surface area contributed by atoms with Gasteiger partial charge in [-0.05, 0) is 31.7 Å². The Hall–Kier alpha value is -1.82. The molecule has 1 saturated carbocycles. The molecule has 0 spiro atoms. The van der Waals surface area contributed by atoms with E-state index in [2.05, 4.69) is 5.32 Å². The van der Waals surface area contributed by atoms with E-state index in [4.69, 9.17) is 5.73 Å². The Bertz CT molecular complexity index is 442. The first-order chi connectivity index (χ1) is 8.54. The Kier molecular flexibility index (Phi) is 3.66. The second kappa shape index (κ2) is 5.22. The number of nitro groups is 1. The van der Waals surface area contributed by atoms with Crippen molar-refractivity contribution in [1.29, 1.82) is 0 Å². The third kappa shape index (κ3) is 3.10. The molecule has 1 aromatic carbocycles. The van der Waals surface area contributed by atoms with Crippen LogP contribution in [0.3, 0.4) is 0 Å². The minimum absolute atomic E-state index is 0.00616. The topological polar surface area (TPSA) is 101 Å². The highest BCUT2D eigenvalue weighted by molar-refractivity contribution is 5.61. The normalized spacial score (nSPS) is 23.6. The van der Waals surface area contributed by atoms with Gasteiger partial charge in [0, 0.05) is 29.5 Å². The molecule has 6 heteroatoms. The van der Waals surface area contributed by atoms with E-state index in [1.807, 2.05) is 0 Å². The molecule has 1 aliphatic carbocycles. The number of rotatable bonds is 3. The van der Waals surface area contributed by atoms with Crippen molar-refractivity contribution in [3.63, 3.8) is 0 Å². The Balaban J connectivity index is 2.07. The number of hydrogen-bond donors (Lipinski definition) is 3. The highest BCUT2D eigenvalue weighted by Gasteiger charge is 2.19. The SMILES string of the molecule is Nc1cc(NC2CCC(O)CC2)cc([N+](=O)[O-])c1. The molecule has 98 valence electrons. The minimum Gasteiger partial charge on any atom is -0.398 e. The van der Waals surface area contributed by atoms with Gasteiger partial charge in [-0.25, -0.2) is 0 Å². The highest BCUT2D eigenvalue weighted by Crippen LogP contribution is 2.26. The van der Waals surface area contributed by atoms with E-state index >= 15 is 0 Å². The molecular weight excluding hydrogens is 234 g/mol. The van der Waals surface area contributed by atoms with Gasteiger partial charge in [-0.3, -0.25) is 10.1 Å². The average molecular weight is 251 g/mol. The molecule has 0 unspecified atom stereocenters. The molecule has 1 aromatic rings. The summed E-state index contributed by atoms with van der Waals surface area (Å²) in [6, 6.07) is 4.77. The van der Waals surface area contributed by atoms with Gasteiger partial charge >= 0.3 is 0 Å². The number of nitrogens with one attached hydrogen (secondary N) is 1. The number of nitrogens with zero attached hydrogens (tertiary/aromatic N) is 1. The number of non-ortho nitro benzene ring substituents is 1. The predicted molar refractivity (Wildman–Crippen MR) is 69.4 cm³/mol. The van der Waals surface area contributed by atoms with Gasteiger partial charge in [0.2, 0.25) is 0 Å². The van der Waals surface area contributed by atoms with Crippen LogP contribution in [-0.2, 0) is 0 Å². The van der Waals surface area contributed by atoms with E-state index in [9.17, 15) is 15.2 Å². The van der Waals surface area contributed by atoms with Crippen LogP contribution >= 0.6 is 0 Å². The van der Waals surface area contributed by atoms with E-state index in [0.717, 1.165) is 25.7 Å². The lowest BCUT2D eigenvalue weighted by molar-refractivity contribution is -0.384. The minimum atomic E-state index is -0.452. The molecule has 6 nitrogen and oxygen atoms in total.